The van der Waals surface area contributed by atoms with Gasteiger partial charge in [0.1, 0.15) is 0 Å². The maximum Gasteiger partial charge on any atom is 0.204 e. The summed E-state index contributed by atoms with van der Waals surface area (Å²) in [6.07, 6.45) is 12.9. The van der Waals surface area contributed by atoms with Crippen LogP contribution in [0.4, 0.5) is 0 Å². The fourth-order valence-corrected chi connectivity index (χ4v) is 11.3. The summed E-state index contributed by atoms with van der Waals surface area (Å²) in [6, 6.07) is 23.6. The molecule has 1 saturated carbocycles. The van der Waals surface area contributed by atoms with E-state index in [0.29, 0.717) is 11.1 Å². The highest BCUT2D eigenvalue weighted by molar-refractivity contribution is 6.88. The maximum absolute atomic E-state index is 3.03. The minimum absolute atomic E-state index is 0.344. The van der Waals surface area contributed by atoms with Crippen molar-refractivity contribution in [3.05, 3.63) is 83.7 Å². The van der Waals surface area contributed by atoms with Gasteiger partial charge in [-0.15, -0.1) is 0 Å². The molecule has 0 bridgehead atoms. The summed E-state index contributed by atoms with van der Waals surface area (Å²) in [5.74, 6) is 0. The predicted octanol–water partition coefficient (Wildman–Crippen LogP) is 6.42. The van der Waals surface area contributed by atoms with Crippen LogP contribution in [0.2, 0.25) is 18.1 Å². The van der Waals surface area contributed by atoms with Gasteiger partial charge in [-0.05, 0) is 33.4 Å². The molecule has 0 amide bonds. The van der Waals surface area contributed by atoms with Gasteiger partial charge in [0.15, 0.2) is 0 Å². The van der Waals surface area contributed by atoms with Gasteiger partial charge in [0.05, 0.1) is 8.07 Å². The summed E-state index contributed by atoms with van der Waals surface area (Å²) in [4.78, 5) is 0. The van der Waals surface area contributed by atoms with Crippen LogP contribution in [0.5, 0.6) is 0 Å². The van der Waals surface area contributed by atoms with E-state index < -0.39 is 17.0 Å². The molecular formula is C29H41NSi2. The highest BCUT2D eigenvalue weighted by Gasteiger charge is 2.43. The van der Waals surface area contributed by atoms with Gasteiger partial charge in [-0.1, -0.05) is 126 Å². The van der Waals surface area contributed by atoms with E-state index in [-0.39, 0.29) is 0 Å². The molecule has 1 fully saturated rings. The molecule has 0 unspecified atom stereocenters. The summed E-state index contributed by atoms with van der Waals surface area (Å²) < 4.78 is 3.03. The second-order valence-corrected chi connectivity index (χ2v) is 19.2. The Hall–Kier alpha value is -1.85. The molecule has 0 heterocycles. The SMILES string of the molecule is CC(C)(C)[Si](C)(C)C1=C(N(C2CCCCC2)[SiH](c2ccccc2)c2ccccc2)CC=C1. The Morgan fingerprint density at radius 3 is 1.84 bits per heavy atom. The first-order valence-corrected chi connectivity index (χ1v) is 17.3. The lowest BCUT2D eigenvalue weighted by Gasteiger charge is -2.46. The lowest BCUT2D eigenvalue weighted by Crippen LogP contribution is -2.60. The normalized spacial score (nSPS) is 17.9. The van der Waals surface area contributed by atoms with Crippen molar-refractivity contribution in [2.24, 2.45) is 0 Å². The van der Waals surface area contributed by atoms with Crippen molar-refractivity contribution in [1.29, 1.82) is 0 Å². The molecular weight excluding hydrogens is 418 g/mol. The molecule has 2 aliphatic rings. The molecule has 3 heteroatoms. The molecule has 0 aliphatic heterocycles. The van der Waals surface area contributed by atoms with Crippen LogP contribution >= 0.6 is 0 Å². The van der Waals surface area contributed by atoms with Gasteiger partial charge in [-0.2, -0.15) is 0 Å². The molecule has 1 nitrogen and oxygen atoms in total. The summed E-state index contributed by atoms with van der Waals surface area (Å²) in [5.41, 5.74) is 1.67. The van der Waals surface area contributed by atoms with Gasteiger partial charge >= 0.3 is 0 Å². The number of benzene rings is 2. The zero-order valence-corrected chi connectivity index (χ0v) is 22.9. The highest BCUT2D eigenvalue weighted by Crippen LogP contribution is 2.45. The Kier molecular flexibility index (Phi) is 6.97. The van der Waals surface area contributed by atoms with Crippen LogP contribution in [0, 0.1) is 0 Å². The van der Waals surface area contributed by atoms with E-state index in [0.717, 1.165) is 6.42 Å². The highest BCUT2D eigenvalue weighted by atomic mass is 28.3. The third-order valence-electron chi connectivity index (χ3n) is 8.24. The smallest absolute Gasteiger partial charge is 0.204 e. The second-order valence-electron chi connectivity index (χ2n) is 11.3. The first-order chi connectivity index (χ1) is 15.3. The minimum Gasteiger partial charge on any atom is -0.393 e. The summed E-state index contributed by atoms with van der Waals surface area (Å²) >= 11 is 0. The van der Waals surface area contributed by atoms with Crippen molar-refractivity contribution in [3.63, 3.8) is 0 Å². The Bertz CT molecular complexity index is 908. The van der Waals surface area contributed by atoms with Crippen molar-refractivity contribution >= 4 is 27.4 Å². The first kappa shape index (κ1) is 23.3. The van der Waals surface area contributed by atoms with Crippen LogP contribution in [0.15, 0.2) is 83.7 Å². The third kappa shape index (κ3) is 4.60. The number of hydrogen-bond acceptors (Lipinski definition) is 1. The number of allylic oxidation sites excluding steroid dienone is 3. The standard InChI is InChI=1S/C29H41NSi2/c1-29(2,3)32(4,5)28-23-15-22-27(28)30(24-16-9-6-10-17-24)31(25-18-11-7-12-19-25)26-20-13-8-14-21-26/h7-8,11-15,18-21,23-24,31H,6,9-10,16-17,22H2,1-5H3. The molecule has 0 radical (unpaired) electrons. The molecule has 0 spiro atoms. The summed E-state index contributed by atoms with van der Waals surface area (Å²) in [7, 11) is -3.23. The van der Waals surface area contributed by atoms with E-state index in [4.69, 9.17) is 0 Å². The van der Waals surface area contributed by atoms with Crippen molar-refractivity contribution in [2.75, 3.05) is 0 Å². The van der Waals surface area contributed by atoms with Gasteiger partial charge < -0.3 is 4.57 Å². The van der Waals surface area contributed by atoms with Crippen LogP contribution in [-0.2, 0) is 0 Å². The Balaban J connectivity index is 1.91. The largest absolute Gasteiger partial charge is 0.393 e. The van der Waals surface area contributed by atoms with Gasteiger partial charge in [0.25, 0.3) is 0 Å². The van der Waals surface area contributed by atoms with Crippen molar-refractivity contribution < 1.29 is 0 Å². The van der Waals surface area contributed by atoms with Crippen LogP contribution in [0.25, 0.3) is 0 Å². The van der Waals surface area contributed by atoms with Crippen molar-refractivity contribution in [2.45, 2.75) is 83.5 Å². The monoisotopic (exact) mass is 459 g/mol. The average molecular weight is 460 g/mol. The fraction of sp³-hybridized carbons (Fsp3) is 0.448. The van der Waals surface area contributed by atoms with E-state index >= 15 is 0 Å². The Morgan fingerprint density at radius 1 is 0.812 bits per heavy atom. The quantitative estimate of drug-likeness (QED) is 0.450. The molecule has 2 aromatic rings. The number of hydrogen-bond donors (Lipinski definition) is 0. The van der Waals surface area contributed by atoms with Crippen molar-refractivity contribution in [3.8, 4) is 0 Å². The minimum atomic E-state index is -1.64. The van der Waals surface area contributed by atoms with Crippen LogP contribution < -0.4 is 10.4 Å². The molecule has 170 valence electrons. The van der Waals surface area contributed by atoms with Crippen molar-refractivity contribution in [1.82, 2.24) is 4.57 Å². The molecule has 2 aromatic carbocycles. The maximum atomic E-state index is 3.03. The lowest BCUT2D eigenvalue weighted by atomic mass is 9.95. The predicted molar refractivity (Wildman–Crippen MR) is 146 cm³/mol. The Morgan fingerprint density at radius 2 is 1.34 bits per heavy atom. The molecule has 0 aromatic heterocycles. The van der Waals surface area contributed by atoms with Gasteiger partial charge in [-0.3, -0.25) is 0 Å². The molecule has 4 rings (SSSR count). The van der Waals surface area contributed by atoms with E-state index in [1.807, 2.05) is 0 Å². The first-order valence-electron chi connectivity index (χ1n) is 12.6. The topological polar surface area (TPSA) is 3.24 Å². The van der Waals surface area contributed by atoms with E-state index in [2.05, 4.69) is 111 Å². The van der Waals surface area contributed by atoms with E-state index in [9.17, 15) is 0 Å². The van der Waals surface area contributed by atoms with Crippen LogP contribution in [-0.4, -0.2) is 27.6 Å². The summed E-state index contributed by atoms with van der Waals surface area (Å²) in [5, 5.41) is 5.16. The number of rotatable bonds is 6. The molecule has 0 N–H and O–H groups in total. The zero-order valence-electron chi connectivity index (χ0n) is 20.8. The Labute approximate surface area is 199 Å². The lowest BCUT2D eigenvalue weighted by molar-refractivity contribution is 0.292. The van der Waals surface area contributed by atoms with E-state index in [1.54, 1.807) is 21.3 Å². The molecule has 32 heavy (non-hydrogen) atoms. The van der Waals surface area contributed by atoms with Gasteiger partial charge in [0, 0.05) is 18.2 Å². The van der Waals surface area contributed by atoms with Crippen LogP contribution in [0.1, 0.15) is 59.3 Å². The zero-order chi connectivity index (χ0) is 22.8. The number of nitrogens with zero attached hydrogens (tertiary/aromatic N) is 1. The van der Waals surface area contributed by atoms with E-state index in [1.165, 1.54) is 32.1 Å². The molecule has 2 aliphatic carbocycles. The van der Waals surface area contributed by atoms with Gasteiger partial charge in [0.2, 0.25) is 8.96 Å². The summed E-state index contributed by atoms with van der Waals surface area (Å²) in [6.45, 7) is 12.6. The second kappa shape index (κ2) is 9.56. The average Bonchev–Trinajstić information content (AvgIpc) is 3.28. The third-order valence-corrected chi connectivity index (χ3v) is 17.1. The fourth-order valence-electron chi connectivity index (χ4n) is 5.44. The van der Waals surface area contributed by atoms with Crippen LogP contribution in [0.3, 0.4) is 0 Å². The molecule has 0 atom stereocenters. The van der Waals surface area contributed by atoms with Gasteiger partial charge in [-0.25, -0.2) is 0 Å². The molecule has 0 saturated heterocycles.